The maximum atomic E-state index is 12.1. The first kappa shape index (κ1) is 22.4. The van der Waals surface area contributed by atoms with Gasteiger partial charge in [-0.05, 0) is 38.8 Å². The van der Waals surface area contributed by atoms with E-state index in [-0.39, 0.29) is 35.9 Å². The highest BCUT2D eigenvalue weighted by molar-refractivity contribution is 14.0. The van der Waals surface area contributed by atoms with Crippen LogP contribution in [0.25, 0.3) is 11.0 Å². The molecule has 1 aromatic heterocycles. The summed E-state index contributed by atoms with van der Waals surface area (Å²) in [5, 5.41) is 3.35. The van der Waals surface area contributed by atoms with Gasteiger partial charge in [0, 0.05) is 26.7 Å². The lowest BCUT2D eigenvalue weighted by Crippen LogP contribution is -2.48. The number of aromatic nitrogens is 2. The molecule has 0 spiro atoms. The summed E-state index contributed by atoms with van der Waals surface area (Å²) in [7, 11) is 2.02. The smallest absolute Gasteiger partial charge is 0.310 e. The minimum atomic E-state index is -0.103. The molecular weight excluding hydrogens is 469 g/mol. The molecule has 1 unspecified atom stereocenters. The van der Waals surface area contributed by atoms with Crippen LogP contribution < -0.4 is 5.32 Å². The number of carbonyl (C=O) groups excluding carboxylic acids is 1. The number of hydrogen-bond acceptors (Lipinski definition) is 4. The number of likely N-dealkylation sites (tertiary alicyclic amines) is 1. The zero-order valence-electron chi connectivity index (χ0n) is 16.9. The molecule has 1 saturated heterocycles. The molecule has 154 valence electrons. The standard InChI is InChI=1S/C20H29N5O2.HI/c1-4-21-20(25-12-8-9-15(14-25)19(26)27-5-2)22-13-18-23-16-10-6-7-11-17(16)24(18)3;/h6-7,10-11,15H,4-5,8-9,12-14H2,1-3H3,(H,21,22);1H. The minimum absolute atomic E-state index is 0. The highest BCUT2D eigenvalue weighted by Crippen LogP contribution is 2.19. The number of nitrogens with zero attached hydrogens (tertiary/aromatic N) is 4. The zero-order chi connectivity index (χ0) is 19.2. The van der Waals surface area contributed by atoms with Crippen LogP contribution in [0.15, 0.2) is 29.3 Å². The molecule has 1 aliphatic heterocycles. The summed E-state index contributed by atoms with van der Waals surface area (Å²) < 4.78 is 7.29. The van der Waals surface area contributed by atoms with E-state index in [1.54, 1.807) is 0 Å². The number of para-hydroxylation sites is 2. The number of fused-ring (bicyclic) bond motifs is 1. The molecule has 2 heterocycles. The third-order valence-corrected chi connectivity index (χ3v) is 4.93. The second-order valence-electron chi connectivity index (χ2n) is 6.78. The third-order valence-electron chi connectivity index (χ3n) is 4.93. The van der Waals surface area contributed by atoms with E-state index in [9.17, 15) is 4.79 Å². The second kappa shape index (κ2) is 10.6. The van der Waals surface area contributed by atoms with Crippen molar-refractivity contribution in [1.29, 1.82) is 0 Å². The Hall–Kier alpha value is -1.84. The number of carbonyl (C=O) groups is 1. The molecule has 0 aliphatic carbocycles. The first-order chi connectivity index (χ1) is 13.1. The fourth-order valence-corrected chi connectivity index (χ4v) is 3.53. The van der Waals surface area contributed by atoms with Gasteiger partial charge in [-0.2, -0.15) is 0 Å². The number of benzene rings is 1. The van der Waals surface area contributed by atoms with Crippen LogP contribution in [-0.2, 0) is 23.1 Å². The van der Waals surface area contributed by atoms with Crippen LogP contribution in [0, 0.1) is 5.92 Å². The van der Waals surface area contributed by atoms with Crippen molar-refractivity contribution in [1.82, 2.24) is 19.8 Å². The number of piperidine rings is 1. The number of hydrogen-bond donors (Lipinski definition) is 1. The van der Waals surface area contributed by atoms with Crippen molar-refractivity contribution < 1.29 is 9.53 Å². The van der Waals surface area contributed by atoms with Gasteiger partial charge in [-0.25, -0.2) is 9.98 Å². The number of halogens is 1. The summed E-state index contributed by atoms with van der Waals surface area (Å²) in [6, 6.07) is 8.09. The quantitative estimate of drug-likeness (QED) is 0.297. The zero-order valence-corrected chi connectivity index (χ0v) is 19.2. The summed E-state index contributed by atoms with van der Waals surface area (Å²) in [5.74, 6) is 1.57. The van der Waals surface area contributed by atoms with Gasteiger partial charge in [0.15, 0.2) is 5.96 Å². The van der Waals surface area contributed by atoms with Gasteiger partial charge in [0.2, 0.25) is 0 Å². The van der Waals surface area contributed by atoms with Gasteiger partial charge in [-0.3, -0.25) is 4.79 Å². The predicted molar refractivity (Wildman–Crippen MR) is 122 cm³/mol. The summed E-state index contributed by atoms with van der Waals surface area (Å²) in [4.78, 5) is 23.8. The van der Waals surface area contributed by atoms with Gasteiger partial charge < -0.3 is 19.5 Å². The summed E-state index contributed by atoms with van der Waals surface area (Å²) >= 11 is 0. The average Bonchev–Trinajstić information content (AvgIpc) is 3.01. The predicted octanol–water partition coefficient (Wildman–Crippen LogP) is 2.93. The Morgan fingerprint density at radius 3 is 2.86 bits per heavy atom. The molecule has 8 heteroatoms. The molecule has 1 atom stereocenters. The number of guanidine groups is 1. The topological polar surface area (TPSA) is 71.8 Å². The van der Waals surface area contributed by atoms with E-state index in [1.807, 2.05) is 32.2 Å². The van der Waals surface area contributed by atoms with E-state index in [0.29, 0.717) is 19.7 Å². The number of rotatable bonds is 5. The summed E-state index contributed by atoms with van der Waals surface area (Å²) in [5.41, 5.74) is 2.09. The molecular formula is C20H30IN5O2. The Morgan fingerprint density at radius 1 is 1.36 bits per heavy atom. The molecule has 3 rings (SSSR count). The molecule has 0 radical (unpaired) electrons. The lowest BCUT2D eigenvalue weighted by molar-refractivity contribution is -0.149. The number of nitrogens with one attached hydrogen (secondary N) is 1. The number of aliphatic imine (C=N–C) groups is 1. The van der Waals surface area contributed by atoms with Gasteiger partial charge in [-0.15, -0.1) is 24.0 Å². The Bertz CT molecular complexity index is 820. The molecule has 1 aromatic carbocycles. The Kier molecular flexibility index (Phi) is 8.53. The van der Waals surface area contributed by atoms with Crippen molar-refractivity contribution in [3.63, 3.8) is 0 Å². The Balaban J connectivity index is 0.00000280. The van der Waals surface area contributed by atoms with E-state index in [4.69, 9.17) is 14.7 Å². The average molecular weight is 499 g/mol. The van der Waals surface area contributed by atoms with E-state index in [0.717, 1.165) is 48.7 Å². The normalized spacial score (nSPS) is 17.3. The summed E-state index contributed by atoms with van der Waals surface area (Å²) in [6.07, 6.45) is 1.83. The number of aryl methyl sites for hydroxylation is 1. The van der Waals surface area contributed by atoms with E-state index in [1.165, 1.54) is 0 Å². The van der Waals surface area contributed by atoms with Crippen LogP contribution in [0.5, 0.6) is 0 Å². The second-order valence-corrected chi connectivity index (χ2v) is 6.78. The highest BCUT2D eigenvalue weighted by atomic mass is 127. The number of imidazole rings is 1. The van der Waals surface area contributed by atoms with Gasteiger partial charge in [0.25, 0.3) is 0 Å². The van der Waals surface area contributed by atoms with Crippen LogP contribution >= 0.6 is 24.0 Å². The number of esters is 1. The monoisotopic (exact) mass is 499 g/mol. The molecule has 1 aliphatic rings. The lowest BCUT2D eigenvalue weighted by atomic mass is 9.98. The highest BCUT2D eigenvalue weighted by Gasteiger charge is 2.28. The molecule has 0 saturated carbocycles. The molecule has 0 bridgehead atoms. The molecule has 1 N–H and O–H groups in total. The molecule has 1 fully saturated rings. The third kappa shape index (κ3) is 5.15. The van der Waals surface area contributed by atoms with Crippen LogP contribution in [0.2, 0.25) is 0 Å². The van der Waals surface area contributed by atoms with Crippen LogP contribution in [-0.4, -0.2) is 52.6 Å². The maximum absolute atomic E-state index is 12.1. The largest absolute Gasteiger partial charge is 0.466 e. The Labute approximate surface area is 183 Å². The summed E-state index contributed by atoms with van der Waals surface area (Å²) in [6.45, 7) is 7.14. The van der Waals surface area contributed by atoms with Crippen LogP contribution in [0.4, 0.5) is 0 Å². The molecule has 2 aromatic rings. The van der Waals surface area contributed by atoms with Crippen LogP contribution in [0.3, 0.4) is 0 Å². The number of ether oxygens (including phenoxy) is 1. The van der Waals surface area contributed by atoms with Crippen molar-refractivity contribution in [3.05, 3.63) is 30.1 Å². The van der Waals surface area contributed by atoms with E-state index < -0.39 is 0 Å². The van der Waals surface area contributed by atoms with Crippen molar-refractivity contribution in [3.8, 4) is 0 Å². The molecule has 0 amide bonds. The van der Waals surface area contributed by atoms with E-state index in [2.05, 4.69) is 27.8 Å². The van der Waals surface area contributed by atoms with Crippen molar-refractivity contribution in [2.45, 2.75) is 33.2 Å². The van der Waals surface area contributed by atoms with Gasteiger partial charge in [0.1, 0.15) is 12.4 Å². The van der Waals surface area contributed by atoms with Gasteiger partial charge >= 0.3 is 5.97 Å². The maximum Gasteiger partial charge on any atom is 0.310 e. The van der Waals surface area contributed by atoms with Gasteiger partial charge in [-0.1, -0.05) is 12.1 Å². The molecule has 28 heavy (non-hydrogen) atoms. The van der Waals surface area contributed by atoms with Crippen molar-refractivity contribution >= 4 is 46.9 Å². The van der Waals surface area contributed by atoms with Crippen LogP contribution in [0.1, 0.15) is 32.5 Å². The van der Waals surface area contributed by atoms with Crippen molar-refractivity contribution in [2.75, 3.05) is 26.2 Å². The van der Waals surface area contributed by atoms with Gasteiger partial charge in [0.05, 0.1) is 23.6 Å². The minimum Gasteiger partial charge on any atom is -0.466 e. The first-order valence-electron chi connectivity index (χ1n) is 9.74. The van der Waals surface area contributed by atoms with Crippen molar-refractivity contribution in [2.24, 2.45) is 18.0 Å². The SMILES string of the molecule is CCNC(=NCc1nc2ccccc2n1C)N1CCCC(C(=O)OCC)C1.I. The fourth-order valence-electron chi connectivity index (χ4n) is 3.53. The molecule has 7 nitrogen and oxygen atoms in total. The lowest BCUT2D eigenvalue weighted by Gasteiger charge is -2.34. The Morgan fingerprint density at radius 2 is 2.14 bits per heavy atom. The fraction of sp³-hybridized carbons (Fsp3) is 0.550. The first-order valence-corrected chi connectivity index (χ1v) is 9.74. The van der Waals surface area contributed by atoms with E-state index >= 15 is 0 Å².